The topological polar surface area (TPSA) is 52.6 Å². The lowest BCUT2D eigenvalue weighted by Crippen LogP contribution is -2.27. The third-order valence-electron chi connectivity index (χ3n) is 2.30. The van der Waals surface area contributed by atoms with Gasteiger partial charge in [-0.05, 0) is 20.3 Å². The van der Waals surface area contributed by atoms with Gasteiger partial charge in [0, 0.05) is 6.42 Å². The fourth-order valence-corrected chi connectivity index (χ4v) is 0.732. The molecule has 0 N–H and O–H groups in total. The highest BCUT2D eigenvalue weighted by atomic mass is 16.6. The molecule has 0 atom stereocenters. The molecule has 0 radical (unpaired) electrons. The SMILES string of the molecule is CCC(=O)OCCOC(=O)C(C)(C)CC. The van der Waals surface area contributed by atoms with Crippen molar-refractivity contribution in [2.75, 3.05) is 13.2 Å². The van der Waals surface area contributed by atoms with E-state index in [9.17, 15) is 9.59 Å². The van der Waals surface area contributed by atoms with Crippen LogP contribution in [0.15, 0.2) is 0 Å². The van der Waals surface area contributed by atoms with Crippen molar-refractivity contribution in [2.24, 2.45) is 5.41 Å². The molecule has 0 aliphatic rings. The highest BCUT2D eigenvalue weighted by Crippen LogP contribution is 2.21. The minimum absolute atomic E-state index is 0.133. The van der Waals surface area contributed by atoms with Crippen molar-refractivity contribution in [1.29, 1.82) is 0 Å². The molecule has 0 unspecified atom stereocenters. The van der Waals surface area contributed by atoms with E-state index in [0.717, 1.165) is 6.42 Å². The second kappa shape index (κ2) is 6.43. The van der Waals surface area contributed by atoms with Crippen molar-refractivity contribution in [3.05, 3.63) is 0 Å². The monoisotopic (exact) mass is 216 g/mol. The average molecular weight is 216 g/mol. The van der Waals surface area contributed by atoms with E-state index in [-0.39, 0.29) is 25.2 Å². The maximum atomic E-state index is 11.4. The molecule has 4 nitrogen and oxygen atoms in total. The Bertz CT molecular complexity index is 221. The highest BCUT2D eigenvalue weighted by molar-refractivity contribution is 5.75. The Balaban J connectivity index is 3.69. The Morgan fingerprint density at radius 2 is 1.60 bits per heavy atom. The van der Waals surface area contributed by atoms with Crippen LogP contribution in [0, 0.1) is 5.41 Å². The molecule has 0 aromatic heterocycles. The second-order valence-electron chi connectivity index (χ2n) is 3.95. The molecule has 0 bridgehead atoms. The summed E-state index contributed by atoms with van der Waals surface area (Å²) in [5.41, 5.74) is -0.464. The molecule has 0 aliphatic heterocycles. The van der Waals surface area contributed by atoms with Crippen LogP contribution in [-0.4, -0.2) is 25.2 Å². The molecule has 0 aromatic rings. The van der Waals surface area contributed by atoms with Gasteiger partial charge in [0.05, 0.1) is 5.41 Å². The maximum absolute atomic E-state index is 11.4. The number of hydrogen-bond donors (Lipinski definition) is 0. The van der Waals surface area contributed by atoms with Gasteiger partial charge in [-0.25, -0.2) is 0 Å². The van der Waals surface area contributed by atoms with E-state index in [0.29, 0.717) is 6.42 Å². The van der Waals surface area contributed by atoms with Crippen molar-refractivity contribution in [3.8, 4) is 0 Å². The predicted molar refractivity (Wildman–Crippen MR) is 56.3 cm³/mol. The van der Waals surface area contributed by atoms with Crippen molar-refractivity contribution in [1.82, 2.24) is 0 Å². The van der Waals surface area contributed by atoms with E-state index < -0.39 is 5.41 Å². The Morgan fingerprint density at radius 1 is 1.07 bits per heavy atom. The summed E-state index contributed by atoms with van der Waals surface area (Å²) >= 11 is 0. The number of hydrogen-bond acceptors (Lipinski definition) is 4. The van der Waals surface area contributed by atoms with Crippen LogP contribution in [0.5, 0.6) is 0 Å². The zero-order valence-corrected chi connectivity index (χ0v) is 9.96. The van der Waals surface area contributed by atoms with E-state index >= 15 is 0 Å². The van der Waals surface area contributed by atoms with Crippen LogP contribution >= 0.6 is 0 Å². The summed E-state index contributed by atoms with van der Waals surface area (Å²) < 4.78 is 9.75. The molecule has 4 heteroatoms. The van der Waals surface area contributed by atoms with Gasteiger partial charge in [-0.2, -0.15) is 0 Å². The Kier molecular flexibility index (Phi) is 5.97. The summed E-state index contributed by atoms with van der Waals surface area (Å²) in [6.45, 7) is 7.57. The summed E-state index contributed by atoms with van der Waals surface area (Å²) in [6.07, 6.45) is 1.06. The number of esters is 2. The van der Waals surface area contributed by atoms with Crippen LogP contribution in [-0.2, 0) is 19.1 Å². The molecule has 0 aromatic carbocycles. The van der Waals surface area contributed by atoms with Gasteiger partial charge in [-0.1, -0.05) is 13.8 Å². The fraction of sp³-hybridized carbons (Fsp3) is 0.818. The van der Waals surface area contributed by atoms with Gasteiger partial charge in [0.1, 0.15) is 13.2 Å². The first kappa shape index (κ1) is 13.9. The van der Waals surface area contributed by atoms with Crippen molar-refractivity contribution >= 4 is 11.9 Å². The molecule has 0 rings (SSSR count). The molecular weight excluding hydrogens is 196 g/mol. The number of carbonyl (C=O) groups excluding carboxylic acids is 2. The maximum Gasteiger partial charge on any atom is 0.311 e. The molecule has 0 spiro atoms. The molecule has 0 heterocycles. The van der Waals surface area contributed by atoms with Crippen LogP contribution in [0.25, 0.3) is 0 Å². The fourth-order valence-electron chi connectivity index (χ4n) is 0.732. The van der Waals surface area contributed by atoms with E-state index in [1.165, 1.54) is 0 Å². The quantitative estimate of drug-likeness (QED) is 0.503. The smallest absolute Gasteiger partial charge is 0.311 e. The molecule has 88 valence electrons. The van der Waals surface area contributed by atoms with Gasteiger partial charge in [0.25, 0.3) is 0 Å². The third kappa shape index (κ3) is 5.40. The summed E-state index contributed by atoms with van der Waals surface area (Å²) in [7, 11) is 0. The summed E-state index contributed by atoms with van der Waals surface area (Å²) in [4.78, 5) is 22.2. The standard InChI is InChI=1S/C11H20O4/c1-5-9(12)14-7-8-15-10(13)11(3,4)6-2/h5-8H2,1-4H3. The Hall–Kier alpha value is -1.06. The largest absolute Gasteiger partial charge is 0.462 e. The number of rotatable bonds is 6. The summed E-state index contributed by atoms with van der Waals surface area (Å²) in [5.74, 6) is -0.529. The first-order valence-electron chi connectivity index (χ1n) is 5.27. The second-order valence-corrected chi connectivity index (χ2v) is 3.95. The third-order valence-corrected chi connectivity index (χ3v) is 2.30. The van der Waals surface area contributed by atoms with E-state index in [1.807, 2.05) is 20.8 Å². The predicted octanol–water partition coefficient (Wildman–Crippen LogP) is 1.92. The van der Waals surface area contributed by atoms with Gasteiger partial charge >= 0.3 is 11.9 Å². The van der Waals surface area contributed by atoms with Crippen LogP contribution < -0.4 is 0 Å². The van der Waals surface area contributed by atoms with E-state index in [4.69, 9.17) is 9.47 Å². The molecule has 0 saturated carbocycles. The number of carbonyl (C=O) groups is 2. The molecule has 0 fully saturated rings. The lowest BCUT2D eigenvalue weighted by molar-refractivity contribution is -0.159. The first-order chi connectivity index (χ1) is 6.94. The van der Waals surface area contributed by atoms with Crippen LogP contribution in [0.3, 0.4) is 0 Å². The zero-order valence-electron chi connectivity index (χ0n) is 9.96. The zero-order chi connectivity index (χ0) is 11.9. The van der Waals surface area contributed by atoms with Crippen LogP contribution in [0.1, 0.15) is 40.5 Å². The summed E-state index contributed by atoms with van der Waals surface area (Å²) in [6, 6.07) is 0. The molecular formula is C11H20O4. The minimum Gasteiger partial charge on any atom is -0.462 e. The van der Waals surface area contributed by atoms with Crippen LogP contribution in [0.2, 0.25) is 0 Å². The molecule has 0 aliphatic carbocycles. The average Bonchev–Trinajstić information content (AvgIpc) is 2.23. The minimum atomic E-state index is -0.464. The van der Waals surface area contributed by atoms with E-state index in [2.05, 4.69) is 0 Å². The summed E-state index contributed by atoms with van der Waals surface area (Å²) in [5, 5.41) is 0. The Morgan fingerprint density at radius 3 is 2.07 bits per heavy atom. The van der Waals surface area contributed by atoms with E-state index in [1.54, 1.807) is 6.92 Å². The Labute approximate surface area is 90.9 Å². The molecule has 15 heavy (non-hydrogen) atoms. The first-order valence-corrected chi connectivity index (χ1v) is 5.27. The number of ether oxygens (including phenoxy) is 2. The van der Waals surface area contributed by atoms with Gasteiger partial charge < -0.3 is 9.47 Å². The van der Waals surface area contributed by atoms with Crippen molar-refractivity contribution in [2.45, 2.75) is 40.5 Å². The molecule has 0 saturated heterocycles. The van der Waals surface area contributed by atoms with Gasteiger partial charge in [-0.15, -0.1) is 0 Å². The normalized spacial score (nSPS) is 10.9. The van der Waals surface area contributed by atoms with Gasteiger partial charge in [0.2, 0.25) is 0 Å². The molecule has 0 amide bonds. The van der Waals surface area contributed by atoms with Crippen LogP contribution in [0.4, 0.5) is 0 Å². The lowest BCUT2D eigenvalue weighted by Gasteiger charge is -2.20. The van der Waals surface area contributed by atoms with Crippen molar-refractivity contribution in [3.63, 3.8) is 0 Å². The van der Waals surface area contributed by atoms with Gasteiger partial charge in [0.15, 0.2) is 0 Å². The highest BCUT2D eigenvalue weighted by Gasteiger charge is 2.26. The lowest BCUT2D eigenvalue weighted by atomic mass is 9.91. The van der Waals surface area contributed by atoms with Gasteiger partial charge in [-0.3, -0.25) is 9.59 Å². The van der Waals surface area contributed by atoms with Crippen molar-refractivity contribution < 1.29 is 19.1 Å².